The minimum absolute atomic E-state index is 0.226. The summed E-state index contributed by atoms with van der Waals surface area (Å²) in [5, 5.41) is 16.1. The lowest BCUT2D eigenvalue weighted by Gasteiger charge is -2.18. The zero-order valence-electron chi connectivity index (χ0n) is 8.63. The zero-order valence-corrected chi connectivity index (χ0v) is 8.63. The van der Waals surface area contributed by atoms with E-state index in [-0.39, 0.29) is 11.8 Å². The van der Waals surface area contributed by atoms with Gasteiger partial charge in [-0.3, -0.25) is 0 Å². The second kappa shape index (κ2) is 4.89. The molecule has 1 fully saturated rings. The Kier molecular flexibility index (Phi) is 3.31. The minimum atomic E-state index is -1.04. The van der Waals surface area contributed by atoms with Gasteiger partial charge in [-0.15, -0.1) is 10.2 Å². The summed E-state index contributed by atoms with van der Waals surface area (Å²) in [4.78, 5) is 10.3. The summed E-state index contributed by atoms with van der Waals surface area (Å²) in [5.74, 6) is -0.0173. The van der Waals surface area contributed by atoms with Crippen LogP contribution < -0.4 is 0 Å². The Morgan fingerprint density at radius 2 is 2.12 bits per heavy atom. The van der Waals surface area contributed by atoms with E-state index >= 15 is 0 Å². The second-order valence-corrected chi connectivity index (χ2v) is 3.54. The van der Waals surface area contributed by atoms with Crippen LogP contribution in [0.2, 0.25) is 0 Å². The van der Waals surface area contributed by atoms with Crippen LogP contribution in [0.5, 0.6) is 0 Å². The Labute approximate surface area is 91.9 Å². The first-order chi connectivity index (χ1) is 7.75. The van der Waals surface area contributed by atoms with Crippen molar-refractivity contribution in [1.82, 2.24) is 10.2 Å². The van der Waals surface area contributed by atoms with E-state index in [4.69, 9.17) is 14.3 Å². The lowest BCUT2D eigenvalue weighted by atomic mass is 10.0. The highest BCUT2D eigenvalue weighted by Crippen LogP contribution is 2.25. The number of rotatable bonds is 3. The third kappa shape index (κ3) is 2.66. The Morgan fingerprint density at radius 3 is 2.81 bits per heavy atom. The van der Waals surface area contributed by atoms with Crippen LogP contribution in [-0.2, 0) is 9.53 Å². The molecule has 1 aromatic heterocycles. The number of hydrogen-bond acceptors (Lipinski definition) is 5. The van der Waals surface area contributed by atoms with E-state index in [1.165, 1.54) is 6.08 Å². The third-order valence-electron chi connectivity index (χ3n) is 2.40. The third-order valence-corrected chi connectivity index (χ3v) is 2.40. The van der Waals surface area contributed by atoms with Gasteiger partial charge in [-0.05, 0) is 12.8 Å². The van der Waals surface area contributed by atoms with Crippen LogP contribution in [-0.4, -0.2) is 34.5 Å². The molecule has 16 heavy (non-hydrogen) atoms. The van der Waals surface area contributed by atoms with Crippen LogP contribution in [0.25, 0.3) is 6.08 Å². The summed E-state index contributed by atoms with van der Waals surface area (Å²) in [6.45, 7) is 1.40. The van der Waals surface area contributed by atoms with Crippen molar-refractivity contribution in [2.24, 2.45) is 0 Å². The van der Waals surface area contributed by atoms with Crippen LogP contribution in [0.1, 0.15) is 30.5 Å². The lowest BCUT2D eigenvalue weighted by Crippen LogP contribution is -2.14. The van der Waals surface area contributed by atoms with E-state index in [9.17, 15) is 4.79 Å². The van der Waals surface area contributed by atoms with Gasteiger partial charge in [0.1, 0.15) is 0 Å². The number of hydrogen-bond donors (Lipinski definition) is 1. The van der Waals surface area contributed by atoms with Crippen molar-refractivity contribution in [2.75, 3.05) is 13.2 Å². The van der Waals surface area contributed by atoms with Crippen LogP contribution in [0, 0.1) is 0 Å². The van der Waals surface area contributed by atoms with E-state index in [0.717, 1.165) is 18.9 Å². The molecule has 0 aliphatic carbocycles. The first-order valence-corrected chi connectivity index (χ1v) is 5.08. The molecule has 6 nitrogen and oxygen atoms in total. The maximum atomic E-state index is 10.3. The standard InChI is InChI=1S/C10H12N2O4/c13-9(14)2-1-8-11-12-10(16-8)7-3-5-15-6-4-7/h1-2,7H,3-6H2,(H,13,14)/b2-1+. The van der Waals surface area contributed by atoms with Crippen molar-refractivity contribution in [3.05, 3.63) is 17.9 Å². The number of carbonyl (C=O) groups is 1. The number of nitrogens with zero attached hydrogens (tertiary/aromatic N) is 2. The number of carboxylic acids is 1. The molecular formula is C10H12N2O4. The van der Waals surface area contributed by atoms with E-state index in [0.29, 0.717) is 19.1 Å². The summed E-state index contributed by atoms with van der Waals surface area (Å²) < 4.78 is 10.6. The summed E-state index contributed by atoms with van der Waals surface area (Å²) in [6, 6.07) is 0. The molecule has 0 atom stereocenters. The molecule has 1 aliphatic rings. The van der Waals surface area contributed by atoms with E-state index in [1.54, 1.807) is 0 Å². The van der Waals surface area contributed by atoms with E-state index in [2.05, 4.69) is 10.2 Å². The molecule has 0 radical (unpaired) electrons. The molecule has 1 aromatic rings. The van der Waals surface area contributed by atoms with E-state index in [1.807, 2.05) is 0 Å². The molecule has 0 aromatic carbocycles. The Balaban J connectivity index is 2.03. The SMILES string of the molecule is O=C(O)/C=C/c1nnc(C2CCOCC2)o1. The molecular weight excluding hydrogens is 212 g/mol. The molecule has 2 heterocycles. The van der Waals surface area contributed by atoms with Gasteiger partial charge in [0.15, 0.2) is 0 Å². The molecule has 0 bridgehead atoms. The first-order valence-electron chi connectivity index (χ1n) is 5.08. The molecule has 86 valence electrons. The number of carboxylic acid groups (broad SMARTS) is 1. The van der Waals surface area contributed by atoms with Crippen LogP contribution in [0.4, 0.5) is 0 Å². The fraction of sp³-hybridized carbons (Fsp3) is 0.500. The second-order valence-electron chi connectivity index (χ2n) is 3.54. The number of aromatic nitrogens is 2. The van der Waals surface area contributed by atoms with Crippen molar-refractivity contribution >= 4 is 12.0 Å². The largest absolute Gasteiger partial charge is 0.478 e. The average Bonchev–Trinajstić information content (AvgIpc) is 2.76. The molecule has 2 rings (SSSR count). The normalized spacial score (nSPS) is 18.0. The maximum Gasteiger partial charge on any atom is 0.328 e. The monoisotopic (exact) mass is 224 g/mol. The van der Waals surface area contributed by atoms with Gasteiger partial charge in [-0.1, -0.05) is 0 Å². The van der Waals surface area contributed by atoms with Crippen molar-refractivity contribution in [2.45, 2.75) is 18.8 Å². The van der Waals surface area contributed by atoms with Gasteiger partial charge < -0.3 is 14.3 Å². The zero-order chi connectivity index (χ0) is 11.4. The molecule has 1 saturated heterocycles. The summed E-state index contributed by atoms with van der Waals surface area (Å²) in [6.07, 6.45) is 3.99. The van der Waals surface area contributed by atoms with Crippen molar-refractivity contribution in [3.8, 4) is 0 Å². The predicted octanol–water partition coefficient (Wildman–Crippen LogP) is 1.06. The van der Waals surface area contributed by atoms with Gasteiger partial charge in [-0.2, -0.15) is 0 Å². The molecule has 0 spiro atoms. The molecule has 0 amide bonds. The number of ether oxygens (including phenoxy) is 1. The van der Waals surface area contributed by atoms with Crippen LogP contribution >= 0.6 is 0 Å². The number of aliphatic carboxylic acids is 1. The lowest BCUT2D eigenvalue weighted by molar-refractivity contribution is -0.131. The predicted molar refractivity (Wildman–Crippen MR) is 53.8 cm³/mol. The van der Waals surface area contributed by atoms with Crippen LogP contribution in [0.15, 0.2) is 10.5 Å². The first kappa shape index (κ1) is 10.8. The van der Waals surface area contributed by atoms with Gasteiger partial charge in [0, 0.05) is 31.3 Å². The molecule has 0 unspecified atom stereocenters. The molecule has 0 saturated carbocycles. The molecule has 6 heteroatoms. The Bertz CT molecular complexity index is 393. The van der Waals surface area contributed by atoms with Gasteiger partial charge in [0.2, 0.25) is 11.8 Å². The molecule has 1 aliphatic heterocycles. The summed E-state index contributed by atoms with van der Waals surface area (Å²) >= 11 is 0. The average molecular weight is 224 g/mol. The van der Waals surface area contributed by atoms with Crippen LogP contribution in [0.3, 0.4) is 0 Å². The fourth-order valence-corrected chi connectivity index (χ4v) is 1.57. The quantitative estimate of drug-likeness (QED) is 0.772. The highest BCUT2D eigenvalue weighted by Gasteiger charge is 2.21. The smallest absolute Gasteiger partial charge is 0.328 e. The topological polar surface area (TPSA) is 85.5 Å². The molecule has 1 N–H and O–H groups in total. The summed E-state index contributed by atoms with van der Waals surface area (Å²) in [5.41, 5.74) is 0. The van der Waals surface area contributed by atoms with E-state index < -0.39 is 5.97 Å². The Morgan fingerprint density at radius 1 is 1.38 bits per heavy atom. The van der Waals surface area contributed by atoms with Crippen molar-refractivity contribution in [1.29, 1.82) is 0 Å². The van der Waals surface area contributed by atoms with Gasteiger partial charge in [-0.25, -0.2) is 4.79 Å². The van der Waals surface area contributed by atoms with Crippen molar-refractivity contribution in [3.63, 3.8) is 0 Å². The van der Waals surface area contributed by atoms with Gasteiger partial charge in [0.05, 0.1) is 0 Å². The van der Waals surface area contributed by atoms with Gasteiger partial charge >= 0.3 is 5.97 Å². The van der Waals surface area contributed by atoms with Gasteiger partial charge in [0.25, 0.3) is 0 Å². The fourth-order valence-electron chi connectivity index (χ4n) is 1.57. The minimum Gasteiger partial charge on any atom is -0.478 e. The highest BCUT2D eigenvalue weighted by atomic mass is 16.5. The maximum absolute atomic E-state index is 10.3. The Hall–Kier alpha value is -1.69. The van der Waals surface area contributed by atoms with Crippen molar-refractivity contribution < 1.29 is 19.1 Å². The summed E-state index contributed by atoms with van der Waals surface area (Å²) in [7, 11) is 0. The highest BCUT2D eigenvalue weighted by molar-refractivity contribution is 5.84.